The number of hydrogen-bond acceptors (Lipinski definition) is 2. The molecule has 0 rings (SSSR count). The first-order valence-corrected chi connectivity index (χ1v) is 4.72. The summed E-state index contributed by atoms with van der Waals surface area (Å²) in [6.07, 6.45) is 4.95. The summed E-state index contributed by atoms with van der Waals surface area (Å²) in [6.45, 7) is 6.67. The summed E-state index contributed by atoms with van der Waals surface area (Å²) < 4.78 is 0. The van der Waals surface area contributed by atoms with Gasteiger partial charge < -0.3 is 0 Å². The van der Waals surface area contributed by atoms with Crippen molar-refractivity contribution in [1.29, 1.82) is 0 Å². The zero-order valence-electron chi connectivity index (χ0n) is 8.06. The van der Waals surface area contributed by atoms with Crippen LogP contribution in [0.3, 0.4) is 0 Å². The topological polar surface area (TPSA) is 38.0 Å². The normalized spacial score (nSPS) is 16.4. The number of rotatable bonds is 6. The monoisotopic (exact) mass is 158 g/mol. The molecular weight excluding hydrogens is 136 g/mol. The van der Waals surface area contributed by atoms with E-state index in [2.05, 4.69) is 26.2 Å². The van der Waals surface area contributed by atoms with Crippen LogP contribution in [0.25, 0.3) is 0 Å². The smallest absolute Gasteiger partial charge is 0.0236 e. The van der Waals surface area contributed by atoms with Crippen LogP contribution in [0.4, 0.5) is 0 Å². The molecule has 2 heteroatoms. The van der Waals surface area contributed by atoms with Crippen LogP contribution in [-0.2, 0) is 0 Å². The van der Waals surface area contributed by atoms with E-state index >= 15 is 0 Å². The van der Waals surface area contributed by atoms with Gasteiger partial charge in [-0.15, -0.1) is 0 Å². The second-order valence-corrected chi connectivity index (χ2v) is 3.30. The number of hydrazine groups is 1. The Morgan fingerprint density at radius 1 is 1.36 bits per heavy atom. The third kappa shape index (κ3) is 4.38. The van der Waals surface area contributed by atoms with E-state index in [9.17, 15) is 0 Å². The van der Waals surface area contributed by atoms with Crippen LogP contribution in [0.1, 0.15) is 46.5 Å². The third-order valence-electron chi connectivity index (χ3n) is 2.41. The van der Waals surface area contributed by atoms with Gasteiger partial charge in [0.2, 0.25) is 0 Å². The van der Waals surface area contributed by atoms with Gasteiger partial charge in [0.15, 0.2) is 0 Å². The molecule has 68 valence electrons. The highest BCUT2D eigenvalue weighted by Gasteiger charge is 2.12. The van der Waals surface area contributed by atoms with Crippen LogP contribution in [0.5, 0.6) is 0 Å². The van der Waals surface area contributed by atoms with Crippen LogP contribution >= 0.6 is 0 Å². The van der Waals surface area contributed by atoms with E-state index in [4.69, 9.17) is 5.84 Å². The van der Waals surface area contributed by atoms with Crippen LogP contribution in [0.2, 0.25) is 0 Å². The van der Waals surface area contributed by atoms with Crippen molar-refractivity contribution in [3.05, 3.63) is 0 Å². The summed E-state index contributed by atoms with van der Waals surface area (Å²) in [4.78, 5) is 0. The van der Waals surface area contributed by atoms with E-state index in [-0.39, 0.29) is 0 Å². The van der Waals surface area contributed by atoms with E-state index in [1.807, 2.05) is 0 Å². The average molecular weight is 158 g/mol. The largest absolute Gasteiger partial charge is 0.271 e. The maximum absolute atomic E-state index is 5.44. The van der Waals surface area contributed by atoms with Crippen molar-refractivity contribution in [3.8, 4) is 0 Å². The summed E-state index contributed by atoms with van der Waals surface area (Å²) in [6, 6.07) is 0.514. The van der Waals surface area contributed by atoms with Crippen molar-refractivity contribution < 1.29 is 0 Å². The zero-order valence-corrected chi connectivity index (χ0v) is 8.06. The summed E-state index contributed by atoms with van der Waals surface area (Å²) in [5.41, 5.74) is 2.89. The van der Waals surface area contributed by atoms with Gasteiger partial charge in [0.05, 0.1) is 0 Å². The molecule has 0 saturated heterocycles. The highest BCUT2D eigenvalue weighted by atomic mass is 15.2. The van der Waals surface area contributed by atoms with Crippen LogP contribution in [0, 0.1) is 5.92 Å². The Labute approximate surface area is 70.5 Å². The molecule has 0 aliphatic heterocycles. The van der Waals surface area contributed by atoms with Crippen LogP contribution in [0.15, 0.2) is 0 Å². The van der Waals surface area contributed by atoms with E-state index in [0.29, 0.717) is 12.0 Å². The molecule has 11 heavy (non-hydrogen) atoms. The molecule has 0 aliphatic rings. The average Bonchev–Trinajstić information content (AvgIpc) is 2.05. The van der Waals surface area contributed by atoms with Gasteiger partial charge in [0.25, 0.3) is 0 Å². The quantitative estimate of drug-likeness (QED) is 0.458. The predicted octanol–water partition coefficient (Wildman–Crippen LogP) is 2.05. The van der Waals surface area contributed by atoms with Gasteiger partial charge in [-0.25, -0.2) is 0 Å². The second-order valence-electron chi connectivity index (χ2n) is 3.30. The van der Waals surface area contributed by atoms with Gasteiger partial charge in [0, 0.05) is 6.04 Å². The molecule has 2 unspecified atom stereocenters. The molecule has 3 N–H and O–H groups in total. The number of nitrogens with two attached hydrogens (primary N) is 1. The Hall–Kier alpha value is -0.0800. The van der Waals surface area contributed by atoms with Crippen molar-refractivity contribution in [3.63, 3.8) is 0 Å². The van der Waals surface area contributed by atoms with Crippen molar-refractivity contribution in [2.75, 3.05) is 0 Å². The van der Waals surface area contributed by atoms with E-state index in [1.165, 1.54) is 25.7 Å². The van der Waals surface area contributed by atoms with Crippen LogP contribution in [-0.4, -0.2) is 6.04 Å². The first-order valence-electron chi connectivity index (χ1n) is 4.72. The van der Waals surface area contributed by atoms with Crippen molar-refractivity contribution in [2.24, 2.45) is 11.8 Å². The lowest BCUT2D eigenvalue weighted by molar-refractivity contribution is 0.345. The lowest BCUT2D eigenvalue weighted by Gasteiger charge is -2.21. The molecule has 0 aromatic rings. The lowest BCUT2D eigenvalue weighted by atomic mass is 9.95. The Kier molecular flexibility index (Phi) is 6.57. The Balaban J connectivity index is 3.56. The highest BCUT2D eigenvalue weighted by Crippen LogP contribution is 2.12. The summed E-state index contributed by atoms with van der Waals surface area (Å²) in [5, 5.41) is 0. The lowest BCUT2D eigenvalue weighted by Crippen LogP contribution is -2.39. The Morgan fingerprint density at radius 3 is 2.36 bits per heavy atom. The summed E-state index contributed by atoms with van der Waals surface area (Å²) in [5.74, 6) is 6.14. The number of nitrogens with one attached hydrogen (secondary N) is 1. The van der Waals surface area contributed by atoms with E-state index in [1.54, 1.807) is 0 Å². The molecule has 0 fully saturated rings. The molecule has 2 nitrogen and oxygen atoms in total. The third-order valence-corrected chi connectivity index (χ3v) is 2.41. The van der Waals surface area contributed by atoms with Gasteiger partial charge in [0.1, 0.15) is 0 Å². The molecule has 0 aliphatic carbocycles. The van der Waals surface area contributed by atoms with E-state index in [0.717, 1.165) is 0 Å². The van der Waals surface area contributed by atoms with Crippen LogP contribution < -0.4 is 11.3 Å². The minimum atomic E-state index is 0.514. The maximum Gasteiger partial charge on any atom is 0.0236 e. The van der Waals surface area contributed by atoms with Gasteiger partial charge >= 0.3 is 0 Å². The molecule has 2 atom stereocenters. The molecule has 0 bridgehead atoms. The van der Waals surface area contributed by atoms with Crippen molar-refractivity contribution in [2.45, 2.75) is 52.5 Å². The fourth-order valence-corrected chi connectivity index (χ4v) is 1.24. The molecule has 0 spiro atoms. The molecular formula is C9H22N2. The molecule has 0 amide bonds. The maximum atomic E-state index is 5.44. The van der Waals surface area contributed by atoms with Gasteiger partial charge in [-0.05, 0) is 12.3 Å². The standard InChI is InChI=1S/C9H22N2/c1-4-6-7-9(11-10)8(3)5-2/h8-9,11H,4-7,10H2,1-3H3. The predicted molar refractivity (Wildman–Crippen MR) is 50.1 cm³/mol. The Bertz CT molecular complexity index is 83.6. The molecule has 0 aromatic carbocycles. The molecule has 0 aromatic heterocycles. The minimum absolute atomic E-state index is 0.514. The van der Waals surface area contributed by atoms with E-state index < -0.39 is 0 Å². The highest BCUT2D eigenvalue weighted by molar-refractivity contribution is 4.69. The number of unbranched alkanes of at least 4 members (excludes halogenated alkanes) is 1. The SMILES string of the molecule is CCCCC(NN)C(C)CC. The van der Waals surface area contributed by atoms with Gasteiger partial charge in [-0.2, -0.15) is 0 Å². The summed E-state index contributed by atoms with van der Waals surface area (Å²) >= 11 is 0. The first-order chi connectivity index (χ1) is 5.26. The Morgan fingerprint density at radius 2 is 2.00 bits per heavy atom. The first kappa shape index (κ1) is 10.9. The molecule has 0 saturated carbocycles. The number of hydrogen-bond donors (Lipinski definition) is 2. The molecule has 0 heterocycles. The van der Waals surface area contributed by atoms with Gasteiger partial charge in [-0.3, -0.25) is 11.3 Å². The fraction of sp³-hybridized carbons (Fsp3) is 1.00. The molecule has 0 radical (unpaired) electrons. The zero-order chi connectivity index (χ0) is 8.69. The summed E-state index contributed by atoms with van der Waals surface area (Å²) in [7, 11) is 0. The second kappa shape index (κ2) is 6.62. The van der Waals surface area contributed by atoms with Crippen molar-refractivity contribution >= 4 is 0 Å². The van der Waals surface area contributed by atoms with Crippen molar-refractivity contribution in [1.82, 2.24) is 5.43 Å². The fourth-order valence-electron chi connectivity index (χ4n) is 1.24. The minimum Gasteiger partial charge on any atom is -0.271 e. The van der Waals surface area contributed by atoms with Gasteiger partial charge in [-0.1, -0.05) is 40.0 Å².